The molecule has 150 valence electrons. The number of aromatic nitrogens is 3. The van der Waals surface area contributed by atoms with Gasteiger partial charge in [-0.3, -0.25) is 4.98 Å². The summed E-state index contributed by atoms with van der Waals surface area (Å²) in [6, 6.07) is 6.04. The van der Waals surface area contributed by atoms with E-state index >= 15 is 0 Å². The predicted molar refractivity (Wildman–Crippen MR) is 103 cm³/mol. The Labute approximate surface area is 166 Å². The van der Waals surface area contributed by atoms with Gasteiger partial charge in [-0.25, -0.2) is 18.7 Å². The Kier molecular flexibility index (Phi) is 6.40. The van der Waals surface area contributed by atoms with Crippen LogP contribution in [0.25, 0.3) is 0 Å². The molecule has 0 amide bonds. The smallest absolute Gasteiger partial charge is 0.284 e. The summed E-state index contributed by atoms with van der Waals surface area (Å²) in [5.41, 5.74) is 1.82. The topological polar surface area (TPSA) is 92.5 Å². The Bertz CT molecular complexity index is 1010. The monoisotopic (exact) mass is 399 g/mol. The number of rotatable bonds is 7. The minimum absolute atomic E-state index is 0.216. The molecule has 0 radical (unpaired) electrons. The summed E-state index contributed by atoms with van der Waals surface area (Å²) in [6.07, 6.45) is 4.75. The normalized spacial score (nSPS) is 12.5. The van der Waals surface area contributed by atoms with Crippen LogP contribution in [-0.2, 0) is 0 Å². The van der Waals surface area contributed by atoms with Gasteiger partial charge >= 0.3 is 0 Å². The van der Waals surface area contributed by atoms with Crippen LogP contribution in [0.4, 0.5) is 14.6 Å². The van der Waals surface area contributed by atoms with Crippen LogP contribution in [0.2, 0.25) is 0 Å². The van der Waals surface area contributed by atoms with Crippen LogP contribution in [0.15, 0.2) is 54.2 Å². The van der Waals surface area contributed by atoms with Gasteiger partial charge in [0.05, 0.1) is 11.9 Å². The van der Waals surface area contributed by atoms with Crippen molar-refractivity contribution in [3.05, 3.63) is 77.4 Å². The summed E-state index contributed by atoms with van der Waals surface area (Å²) >= 11 is 0. The van der Waals surface area contributed by atoms with Gasteiger partial charge in [-0.1, -0.05) is 12.1 Å². The van der Waals surface area contributed by atoms with E-state index in [1.54, 1.807) is 19.1 Å². The van der Waals surface area contributed by atoms with Gasteiger partial charge in [-0.15, -0.1) is 0 Å². The lowest BCUT2D eigenvalue weighted by Crippen LogP contribution is -2.13. The molecule has 0 spiro atoms. The molecule has 3 heterocycles. The molecule has 7 nitrogen and oxygen atoms in total. The third-order valence-corrected chi connectivity index (χ3v) is 4.17. The largest absolute Gasteiger partial charge is 0.369 e. The second-order valence-corrected chi connectivity index (χ2v) is 6.09. The number of aliphatic hydroxyl groups excluding tert-OH is 1. The standard InChI is InChI=1S/C20H19F2N5O2/c1-3-17(27-29-20-15(21)5-4-8-24-20)13-6-7-18(25-9-13)26-19(28)14-10-23-11-16(22)12(14)2/h4-11,19,28H,3H2,1-2H3,(H,25,26)/b27-17+. The first kappa shape index (κ1) is 20.3. The fraction of sp³-hybridized carbons (Fsp3) is 0.200. The average Bonchev–Trinajstić information content (AvgIpc) is 2.72. The van der Waals surface area contributed by atoms with Crippen LogP contribution >= 0.6 is 0 Å². The molecular weight excluding hydrogens is 380 g/mol. The van der Waals surface area contributed by atoms with E-state index in [9.17, 15) is 13.9 Å². The van der Waals surface area contributed by atoms with Crippen molar-refractivity contribution in [3.63, 3.8) is 0 Å². The van der Waals surface area contributed by atoms with Crippen molar-refractivity contribution in [2.24, 2.45) is 5.16 Å². The van der Waals surface area contributed by atoms with E-state index in [4.69, 9.17) is 4.84 Å². The number of anilines is 1. The molecule has 9 heteroatoms. The summed E-state index contributed by atoms with van der Waals surface area (Å²) in [7, 11) is 0. The fourth-order valence-electron chi connectivity index (χ4n) is 2.52. The van der Waals surface area contributed by atoms with E-state index < -0.39 is 17.9 Å². The van der Waals surface area contributed by atoms with Crippen molar-refractivity contribution in [1.82, 2.24) is 15.0 Å². The first-order valence-corrected chi connectivity index (χ1v) is 8.85. The van der Waals surface area contributed by atoms with Gasteiger partial charge in [0.2, 0.25) is 0 Å². The quantitative estimate of drug-likeness (QED) is 0.357. The predicted octanol–water partition coefficient (Wildman–Crippen LogP) is 3.75. The molecule has 1 atom stereocenters. The first-order chi connectivity index (χ1) is 14.0. The molecule has 0 aliphatic carbocycles. The maximum absolute atomic E-state index is 13.6. The highest BCUT2D eigenvalue weighted by atomic mass is 19.1. The Morgan fingerprint density at radius 3 is 2.69 bits per heavy atom. The highest BCUT2D eigenvalue weighted by Gasteiger charge is 2.14. The Hall–Kier alpha value is -3.46. The second kappa shape index (κ2) is 9.16. The molecule has 2 N–H and O–H groups in total. The number of nitrogens with one attached hydrogen (secondary N) is 1. The van der Waals surface area contributed by atoms with Gasteiger partial charge < -0.3 is 15.3 Å². The lowest BCUT2D eigenvalue weighted by molar-refractivity contribution is 0.206. The zero-order valence-corrected chi connectivity index (χ0v) is 15.8. The molecule has 0 fully saturated rings. The first-order valence-electron chi connectivity index (χ1n) is 8.85. The van der Waals surface area contributed by atoms with Crippen molar-refractivity contribution < 1.29 is 18.7 Å². The Balaban J connectivity index is 1.72. The highest BCUT2D eigenvalue weighted by molar-refractivity contribution is 5.99. The molecule has 3 aromatic heterocycles. The summed E-state index contributed by atoms with van der Waals surface area (Å²) in [4.78, 5) is 16.9. The Morgan fingerprint density at radius 2 is 2.00 bits per heavy atom. The average molecular weight is 399 g/mol. The molecule has 0 saturated carbocycles. The number of aliphatic hydroxyl groups is 1. The van der Waals surface area contributed by atoms with Crippen LogP contribution in [0, 0.1) is 18.6 Å². The maximum Gasteiger partial charge on any atom is 0.284 e. The molecule has 0 aliphatic rings. The van der Waals surface area contributed by atoms with Crippen LogP contribution in [-0.4, -0.2) is 25.8 Å². The van der Waals surface area contributed by atoms with E-state index in [1.807, 2.05) is 6.92 Å². The van der Waals surface area contributed by atoms with Gasteiger partial charge in [0, 0.05) is 29.7 Å². The zero-order chi connectivity index (χ0) is 20.8. The number of hydrogen-bond acceptors (Lipinski definition) is 7. The second-order valence-electron chi connectivity index (χ2n) is 6.09. The lowest BCUT2D eigenvalue weighted by atomic mass is 10.1. The number of oxime groups is 1. The van der Waals surface area contributed by atoms with Crippen molar-refractivity contribution in [3.8, 4) is 5.88 Å². The van der Waals surface area contributed by atoms with Crippen molar-refractivity contribution in [1.29, 1.82) is 0 Å². The summed E-state index contributed by atoms with van der Waals surface area (Å²) < 4.78 is 27.2. The lowest BCUT2D eigenvalue weighted by Gasteiger charge is -2.16. The van der Waals surface area contributed by atoms with Gasteiger partial charge in [-0.2, -0.15) is 0 Å². The number of nitrogens with zero attached hydrogens (tertiary/aromatic N) is 4. The molecular formula is C20H19F2N5O2. The van der Waals surface area contributed by atoms with Crippen LogP contribution in [0.1, 0.15) is 36.3 Å². The molecule has 0 bridgehead atoms. The number of halogens is 2. The van der Waals surface area contributed by atoms with E-state index in [2.05, 4.69) is 25.4 Å². The molecule has 0 saturated heterocycles. The summed E-state index contributed by atoms with van der Waals surface area (Å²) in [5, 5.41) is 17.0. The summed E-state index contributed by atoms with van der Waals surface area (Å²) in [5.74, 6) is -0.954. The molecule has 1 unspecified atom stereocenters. The van der Waals surface area contributed by atoms with Crippen molar-refractivity contribution >= 4 is 11.5 Å². The molecule has 0 aromatic carbocycles. The van der Waals surface area contributed by atoms with E-state index in [1.165, 1.54) is 30.7 Å². The maximum atomic E-state index is 13.6. The van der Waals surface area contributed by atoms with Gasteiger partial charge in [0.15, 0.2) is 12.0 Å². The minimum atomic E-state index is -1.17. The Morgan fingerprint density at radius 1 is 1.17 bits per heavy atom. The van der Waals surface area contributed by atoms with Crippen LogP contribution in [0.5, 0.6) is 5.88 Å². The van der Waals surface area contributed by atoms with Gasteiger partial charge in [0.1, 0.15) is 11.6 Å². The number of hydrogen-bond donors (Lipinski definition) is 2. The highest BCUT2D eigenvalue weighted by Crippen LogP contribution is 2.21. The molecule has 0 aliphatic heterocycles. The number of pyridine rings is 3. The van der Waals surface area contributed by atoms with Crippen molar-refractivity contribution in [2.45, 2.75) is 26.5 Å². The zero-order valence-electron chi connectivity index (χ0n) is 15.8. The fourth-order valence-corrected chi connectivity index (χ4v) is 2.52. The van der Waals surface area contributed by atoms with E-state index in [0.29, 0.717) is 34.6 Å². The minimum Gasteiger partial charge on any atom is -0.369 e. The van der Waals surface area contributed by atoms with Gasteiger partial charge in [0.25, 0.3) is 5.88 Å². The summed E-state index contributed by atoms with van der Waals surface area (Å²) in [6.45, 7) is 3.43. The van der Waals surface area contributed by atoms with Crippen LogP contribution in [0.3, 0.4) is 0 Å². The van der Waals surface area contributed by atoms with Crippen molar-refractivity contribution in [2.75, 3.05) is 5.32 Å². The molecule has 3 aromatic rings. The molecule has 29 heavy (non-hydrogen) atoms. The van der Waals surface area contributed by atoms with Gasteiger partial charge in [-0.05, 0) is 43.2 Å². The third kappa shape index (κ3) is 4.88. The third-order valence-electron chi connectivity index (χ3n) is 4.17. The van der Waals surface area contributed by atoms with E-state index in [0.717, 1.165) is 6.20 Å². The molecule has 3 rings (SSSR count). The van der Waals surface area contributed by atoms with Crippen LogP contribution < -0.4 is 10.2 Å². The SMILES string of the molecule is CC/C(=N\Oc1ncccc1F)c1ccc(NC(O)c2cncc(F)c2C)nc1. The van der Waals surface area contributed by atoms with E-state index in [-0.39, 0.29) is 5.88 Å².